The van der Waals surface area contributed by atoms with E-state index < -0.39 is 11.9 Å². The molecule has 1 aromatic heterocycles. The van der Waals surface area contributed by atoms with Crippen molar-refractivity contribution in [3.8, 4) is 0 Å². The Balaban J connectivity index is 1.95. The zero-order valence-electron chi connectivity index (χ0n) is 9.74. The molecule has 1 saturated heterocycles. The van der Waals surface area contributed by atoms with Gasteiger partial charge in [-0.2, -0.15) is 0 Å². The monoisotopic (exact) mass is 250 g/mol. The number of carbonyl (C=O) groups is 2. The Labute approximate surface area is 104 Å². The number of anilines is 1. The highest BCUT2D eigenvalue weighted by Gasteiger charge is 2.28. The lowest BCUT2D eigenvalue weighted by atomic mass is 9.99. The van der Waals surface area contributed by atoms with Crippen LogP contribution in [0.25, 0.3) is 0 Å². The van der Waals surface area contributed by atoms with E-state index in [1.807, 2.05) is 0 Å². The van der Waals surface area contributed by atoms with Crippen LogP contribution in [0.1, 0.15) is 12.8 Å². The van der Waals surface area contributed by atoms with Gasteiger partial charge in [0.2, 0.25) is 5.95 Å². The van der Waals surface area contributed by atoms with Crippen LogP contribution in [0.5, 0.6) is 0 Å². The number of hydrogen-bond acceptors (Lipinski definition) is 4. The standard InChI is InChI=1S/C11H14N4O3/c16-9(17)8-3-1-6-15(7-8)11(18)14-10-12-4-2-5-13-10/h2,4-5,8H,1,3,6-7H2,(H,16,17)(H,12,13,14,18). The SMILES string of the molecule is O=C(O)C1CCCN(C(=O)Nc2ncccn2)C1. The molecule has 1 aromatic rings. The molecule has 1 fully saturated rings. The molecule has 2 rings (SSSR count). The first-order chi connectivity index (χ1) is 8.66. The summed E-state index contributed by atoms with van der Waals surface area (Å²) in [5.74, 6) is -1.12. The maximum absolute atomic E-state index is 11.9. The Morgan fingerprint density at radius 2 is 2.11 bits per heavy atom. The Hall–Kier alpha value is -2.18. The average molecular weight is 250 g/mol. The molecule has 0 saturated carbocycles. The van der Waals surface area contributed by atoms with Gasteiger partial charge in [0.05, 0.1) is 5.92 Å². The van der Waals surface area contributed by atoms with Gasteiger partial charge in [-0.1, -0.05) is 0 Å². The lowest BCUT2D eigenvalue weighted by Gasteiger charge is -2.30. The summed E-state index contributed by atoms with van der Waals surface area (Å²) < 4.78 is 0. The molecule has 0 aromatic carbocycles. The summed E-state index contributed by atoms with van der Waals surface area (Å²) in [4.78, 5) is 32.0. The molecule has 18 heavy (non-hydrogen) atoms. The number of carbonyl (C=O) groups excluding carboxylic acids is 1. The molecule has 2 amide bonds. The lowest BCUT2D eigenvalue weighted by molar-refractivity contribution is -0.143. The van der Waals surface area contributed by atoms with E-state index >= 15 is 0 Å². The third-order valence-electron chi connectivity index (χ3n) is 2.84. The number of likely N-dealkylation sites (tertiary alicyclic amines) is 1. The first-order valence-corrected chi connectivity index (χ1v) is 5.72. The molecule has 1 unspecified atom stereocenters. The van der Waals surface area contributed by atoms with Crippen molar-refractivity contribution in [3.05, 3.63) is 18.5 Å². The van der Waals surface area contributed by atoms with Crippen LogP contribution in [0.2, 0.25) is 0 Å². The second-order valence-electron chi connectivity index (χ2n) is 4.13. The Kier molecular flexibility index (Phi) is 3.71. The van der Waals surface area contributed by atoms with Gasteiger partial charge in [-0.15, -0.1) is 0 Å². The number of urea groups is 1. The van der Waals surface area contributed by atoms with Crippen LogP contribution in [0, 0.1) is 5.92 Å². The van der Waals surface area contributed by atoms with Crippen molar-refractivity contribution in [2.24, 2.45) is 5.92 Å². The minimum absolute atomic E-state index is 0.222. The van der Waals surface area contributed by atoms with Gasteiger partial charge in [-0.3, -0.25) is 10.1 Å². The first kappa shape index (κ1) is 12.3. The summed E-state index contributed by atoms with van der Waals surface area (Å²) in [7, 11) is 0. The highest BCUT2D eigenvalue weighted by atomic mass is 16.4. The minimum atomic E-state index is -0.858. The quantitative estimate of drug-likeness (QED) is 0.809. The second-order valence-corrected chi connectivity index (χ2v) is 4.13. The molecule has 1 atom stereocenters. The number of nitrogens with zero attached hydrogens (tertiary/aromatic N) is 3. The summed E-state index contributed by atoms with van der Waals surface area (Å²) in [5, 5.41) is 11.5. The zero-order valence-corrected chi connectivity index (χ0v) is 9.74. The average Bonchev–Trinajstić information content (AvgIpc) is 2.40. The van der Waals surface area contributed by atoms with Crippen LogP contribution >= 0.6 is 0 Å². The Morgan fingerprint density at radius 1 is 1.39 bits per heavy atom. The maximum Gasteiger partial charge on any atom is 0.324 e. The third kappa shape index (κ3) is 2.93. The minimum Gasteiger partial charge on any atom is -0.481 e. The lowest BCUT2D eigenvalue weighted by Crippen LogP contribution is -2.44. The molecule has 1 aliphatic heterocycles. The molecule has 7 nitrogen and oxygen atoms in total. The molecule has 7 heteroatoms. The van der Waals surface area contributed by atoms with Gasteiger partial charge in [0.15, 0.2) is 0 Å². The van der Waals surface area contributed by atoms with Gasteiger partial charge in [-0.25, -0.2) is 14.8 Å². The van der Waals surface area contributed by atoms with E-state index in [1.54, 1.807) is 6.07 Å². The predicted octanol–water partition coefficient (Wildman–Crippen LogP) is 0.805. The predicted molar refractivity (Wildman–Crippen MR) is 63.0 cm³/mol. The topological polar surface area (TPSA) is 95.4 Å². The van der Waals surface area contributed by atoms with Crippen LogP contribution in [-0.4, -0.2) is 45.1 Å². The number of aliphatic carboxylic acids is 1. The van der Waals surface area contributed by atoms with Crippen molar-refractivity contribution in [1.29, 1.82) is 0 Å². The van der Waals surface area contributed by atoms with Crippen molar-refractivity contribution in [2.45, 2.75) is 12.8 Å². The summed E-state index contributed by atoms with van der Waals surface area (Å²) in [6, 6.07) is 1.30. The molecule has 0 bridgehead atoms. The van der Waals surface area contributed by atoms with Crippen molar-refractivity contribution < 1.29 is 14.7 Å². The number of piperidine rings is 1. The smallest absolute Gasteiger partial charge is 0.324 e. The highest BCUT2D eigenvalue weighted by Crippen LogP contribution is 2.17. The second kappa shape index (κ2) is 5.44. The molecular formula is C11H14N4O3. The fraction of sp³-hybridized carbons (Fsp3) is 0.455. The van der Waals surface area contributed by atoms with E-state index in [9.17, 15) is 9.59 Å². The molecule has 1 aliphatic rings. The number of carboxylic acids is 1. The summed E-state index contributed by atoms with van der Waals surface area (Å²) in [5.41, 5.74) is 0. The van der Waals surface area contributed by atoms with Crippen LogP contribution in [0.15, 0.2) is 18.5 Å². The number of carboxylic acid groups (broad SMARTS) is 1. The van der Waals surface area contributed by atoms with Crippen molar-refractivity contribution in [2.75, 3.05) is 18.4 Å². The number of hydrogen-bond donors (Lipinski definition) is 2. The number of amides is 2. The van der Waals surface area contributed by atoms with E-state index in [-0.39, 0.29) is 18.5 Å². The Morgan fingerprint density at radius 3 is 2.78 bits per heavy atom. The zero-order chi connectivity index (χ0) is 13.0. The summed E-state index contributed by atoms with van der Waals surface area (Å²) >= 11 is 0. The summed E-state index contributed by atoms with van der Waals surface area (Å²) in [6.45, 7) is 0.788. The van der Waals surface area contributed by atoms with E-state index in [4.69, 9.17) is 5.11 Å². The van der Waals surface area contributed by atoms with E-state index in [1.165, 1.54) is 17.3 Å². The molecule has 0 radical (unpaired) electrons. The number of rotatable bonds is 2. The van der Waals surface area contributed by atoms with Crippen LogP contribution in [0.4, 0.5) is 10.7 Å². The Bertz CT molecular complexity index is 437. The molecule has 96 valence electrons. The van der Waals surface area contributed by atoms with Gasteiger partial charge in [0.1, 0.15) is 0 Å². The van der Waals surface area contributed by atoms with Crippen molar-refractivity contribution in [1.82, 2.24) is 14.9 Å². The largest absolute Gasteiger partial charge is 0.481 e. The maximum atomic E-state index is 11.9. The fourth-order valence-electron chi connectivity index (χ4n) is 1.90. The molecule has 2 heterocycles. The molecule has 0 spiro atoms. The highest BCUT2D eigenvalue weighted by molar-refractivity contribution is 5.87. The van der Waals surface area contributed by atoms with Gasteiger partial charge in [0.25, 0.3) is 0 Å². The van der Waals surface area contributed by atoms with Gasteiger partial charge < -0.3 is 10.0 Å². The molecule has 2 N–H and O–H groups in total. The number of nitrogens with one attached hydrogen (secondary N) is 1. The van der Waals surface area contributed by atoms with Crippen LogP contribution < -0.4 is 5.32 Å². The third-order valence-corrected chi connectivity index (χ3v) is 2.84. The number of aromatic nitrogens is 2. The fourth-order valence-corrected chi connectivity index (χ4v) is 1.90. The summed E-state index contributed by atoms with van der Waals surface area (Å²) in [6.07, 6.45) is 4.36. The van der Waals surface area contributed by atoms with Crippen LogP contribution in [0.3, 0.4) is 0 Å². The molecular weight excluding hydrogens is 236 g/mol. The van der Waals surface area contributed by atoms with Gasteiger partial charge >= 0.3 is 12.0 Å². The molecule has 0 aliphatic carbocycles. The van der Waals surface area contributed by atoms with Crippen molar-refractivity contribution >= 4 is 17.9 Å². The van der Waals surface area contributed by atoms with Crippen LogP contribution in [-0.2, 0) is 4.79 Å². The van der Waals surface area contributed by atoms with E-state index in [0.717, 1.165) is 0 Å². The van der Waals surface area contributed by atoms with Gasteiger partial charge in [-0.05, 0) is 18.9 Å². The first-order valence-electron chi connectivity index (χ1n) is 5.72. The van der Waals surface area contributed by atoms with E-state index in [2.05, 4.69) is 15.3 Å². The normalized spacial score (nSPS) is 19.3. The van der Waals surface area contributed by atoms with E-state index in [0.29, 0.717) is 19.4 Å². The van der Waals surface area contributed by atoms with Gasteiger partial charge in [0, 0.05) is 25.5 Å². The van der Waals surface area contributed by atoms with Crippen molar-refractivity contribution in [3.63, 3.8) is 0 Å².